The molecular weight excluding hydrogens is 320 g/mol. The van der Waals surface area contributed by atoms with Gasteiger partial charge in [-0.1, -0.05) is 62.4 Å². The zero-order valence-electron chi connectivity index (χ0n) is 15.4. The minimum absolute atomic E-state index is 0.0335. The predicted octanol–water partition coefficient (Wildman–Crippen LogP) is 5.16. The summed E-state index contributed by atoms with van der Waals surface area (Å²) < 4.78 is 0. The number of rotatable bonds is 5. The van der Waals surface area contributed by atoms with Gasteiger partial charge < -0.3 is 4.90 Å². The molecule has 0 N–H and O–H groups in total. The summed E-state index contributed by atoms with van der Waals surface area (Å²) in [5.74, 6) is 0.554. The number of amides is 1. The van der Waals surface area contributed by atoms with Crippen molar-refractivity contribution in [3.63, 3.8) is 0 Å². The average Bonchev–Trinajstić information content (AvgIpc) is 3.50. The van der Waals surface area contributed by atoms with Crippen molar-refractivity contribution in [2.75, 3.05) is 0 Å². The van der Waals surface area contributed by atoms with Crippen LogP contribution in [0.2, 0.25) is 0 Å². The first-order valence-electron chi connectivity index (χ1n) is 9.37. The Labute approximate surface area is 154 Å². The van der Waals surface area contributed by atoms with Crippen molar-refractivity contribution in [2.24, 2.45) is 0 Å². The van der Waals surface area contributed by atoms with Crippen molar-refractivity contribution >= 4 is 16.8 Å². The summed E-state index contributed by atoms with van der Waals surface area (Å²) in [6.07, 6.45) is 2.17. The highest BCUT2D eigenvalue weighted by molar-refractivity contribution is 5.95. The lowest BCUT2D eigenvalue weighted by Crippen LogP contribution is -2.33. The number of para-hydroxylation sites is 1. The molecule has 1 saturated carbocycles. The van der Waals surface area contributed by atoms with Crippen LogP contribution in [0.15, 0.2) is 60.7 Å². The molecule has 0 radical (unpaired) electrons. The smallest absolute Gasteiger partial charge is 0.273 e. The van der Waals surface area contributed by atoms with E-state index in [1.165, 1.54) is 11.1 Å². The molecule has 132 valence electrons. The summed E-state index contributed by atoms with van der Waals surface area (Å²) in [6, 6.07) is 20.7. The SMILES string of the molecule is CC(C)c1ccc(CN(C(=O)c2ccc3ccccc3n2)C2CC2)cc1. The van der Waals surface area contributed by atoms with E-state index in [0.717, 1.165) is 23.7 Å². The van der Waals surface area contributed by atoms with E-state index in [1.807, 2.05) is 41.3 Å². The minimum atomic E-state index is 0.0335. The number of fused-ring (bicyclic) bond motifs is 1. The van der Waals surface area contributed by atoms with Gasteiger partial charge in [0.1, 0.15) is 5.69 Å². The Morgan fingerprint density at radius 2 is 1.77 bits per heavy atom. The number of aromatic nitrogens is 1. The first kappa shape index (κ1) is 16.8. The summed E-state index contributed by atoms with van der Waals surface area (Å²) in [5.41, 5.74) is 3.91. The molecule has 1 fully saturated rings. The van der Waals surface area contributed by atoms with E-state index in [0.29, 0.717) is 24.2 Å². The fourth-order valence-electron chi connectivity index (χ4n) is 3.29. The number of hydrogen-bond acceptors (Lipinski definition) is 2. The third-order valence-corrected chi connectivity index (χ3v) is 5.07. The number of pyridine rings is 1. The maximum absolute atomic E-state index is 13.1. The lowest BCUT2D eigenvalue weighted by molar-refractivity contribution is 0.0724. The van der Waals surface area contributed by atoms with Crippen LogP contribution in [0.3, 0.4) is 0 Å². The second-order valence-corrected chi connectivity index (χ2v) is 7.45. The van der Waals surface area contributed by atoms with Gasteiger partial charge in [0.05, 0.1) is 5.52 Å². The predicted molar refractivity (Wildman–Crippen MR) is 105 cm³/mol. The highest BCUT2D eigenvalue weighted by atomic mass is 16.2. The second-order valence-electron chi connectivity index (χ2n) is 7.45. The van der Waals surface area contributed by atoms with Gasteiger partial charge in [-0.25, -0.2) is 4.98 Å². The van der Waals surface area contributed by atoms with Gasteiger partial charge in [0.15, 0.2) is 0 Å². The van der Waals surface area contributed by atoms with Crippen molar-refractivity contribution in [3.8, 4) is 0 Å². The van der Waals surface area contributed by atoms with Crippen LogP contribution < -0.4 is 0 Å². The number of carbonyl (C=O) groups is 1. The van der Waals surface area contributed by atoms with E-state index < -0.39 is 0 Å². The second kappa shape index (κ2) is 6.91. The lowest BCUT2D eigenvalue weighted by atomic mass is 10.0. The Balaban J connectivity index is 1.58. The van der Waals surface area contributed by atoms with Crippen LogP contribution in [0.1, 0.15) is 54.2 Å². The van der Waals surface area contributed by atoms with Gasteiger partial charge in [-0.15, -0.1) is 0 Å². The summed E-state index contributed by atoms with van der Waals surface area (Å²) in [4.78, 5) is 19.7. The Morgan fingerprint density at radius 1 is 1.04 bits per heavy atom. The number of hydrogen-bond donors (Lipinski definition) is 0. The molecule has 1 aliphatic carbocycles. The Bertz CT molecular complexity index is 926. The molecule has 3 heteroatoms. The maximum Gasteiger partial charge on any atom is 0.273 e. The molecule has 1 aromatic heterocycles. The van der Waals surface area contributed by atoms with Crippen LogP contribution in [0, 0.1) is 0 Å². The molecule has 0 saturated heterocycles. The highest BCUT2D eigenvalue weighted by Crippen LogP contribution is 2.30. The van der Waals surface area contributed by atoms with E-state index >= 15 is 0 Å². The van der Waals surface area contributed by atoms with Crippen molar-refractivity contribution in [1.29, 1.82) is 0 Å². The van der Waals surface area contributed by atoms with Gasteiger partial charge in [-0.3, -0.25) is 4.79 Å². The molecule has 0 atom stereocenters. The maximum atomic E-state index is 13.1. The molecular formula is C23H24N2O. The molecule has 1 amide bonds. The molecule has 3 aromatic rings. The summed E-state index contributed by atoms with van der Waals surface area (Å²) in [5, 5.41) is 1.06. The van der Waals surface area contributed by atoms with E-state index in [2.05, 4.69) is 43.1 Å². The summed E-state index contributed by atoms with van der Waals surface area (Å²) >= 11 is 0. The molecule has 1 heterocycles. The van der Waals surface area contributed by atoms with E-state index in [4.69, 9.17) is 0 Å². The standard InChI is InChI=1S/C23H24N2O/c1-16(2)18-9-7-17(8-10-18)15-25(20-12-13-20)23(26)22-14-11-19-5-3-4-6-21(19)24-22/h3-11,14,16,20H,12-13,15H2,1-2H3. The lowest BCUT2D eigenvalue weighted by Gasteiger charge is -2.22. The Kier molecular flexibility index (Phi) is 4.46. The fourth-order valence-corrected chi connectivity index (χ4v) is 3.29. The van der Waals surface area contributed by atoms with Crippen LogP contribution >= 0.6 is 0 Å². The zero-order chi connectivity index (χ0) is 18.1. The van der Waals surface area contributed by atoms with Crippen LogP contribution in [-0.2, 0) is 6.54 Å². The zero-order valence-corrected chi connectivity index (χ0v) is 15.4. The Morgan fingerprint density at radius 3 is 2.46 bits per heavy atom. The number of nitrogens with zero attached hydrogens (tertiary/aromatic N) is 2. The average molecular weight is 344 g/mol. The van der Waals surface area contributed by atoms with Crippen LogP contribution in [0.5, 0.6) is 0 Å². The topological polar surface area (TPSA) is 33.2 Å². The molecule has 3 nitrogen and oxygen atoms in total. The van der Waals surface area contributed by atoms with Crippen LogP contribution in [0.4, 0.5) is 0 Å². The van der Waals surface area contributed by atoms with Gasteiger partial charge in [-0.2, -0.15) is 0 Å². The number of carbonyl (C=O) groups excluding carboxylic acids is 1. The first-order chi connectivity index (χ1) is 12.6. The molecule has 2 aromatic carbocycles. The molecule has 0 bridgehead atoms. The first-order valence-corrected chi connectivity index (χ1v) is 9.37. The number of benzene rings is 2. The summed E-state index contributed by atoms with van der Waals surface area (Å²) in [6.45, 7) is 5.04. The largest absolute Gasteiger partial charge is 0.330 e. The van der Waals surface area contributed by atoms with Gasteiger partial charge in [0.25, 0.3) is 5.91 Å². The summed E-state index contributed by atoms with van der Waals surface area (Å²) in [7, 11) is 0. The van der Waals surface area contributed by atoms with Crippen molar-refractivity contribution < 1.29 is 4.79 Å². The molecule has 0 spiro atoms. The Hall–Kier alpha value is -2.68. The third kappa shape index (κ3) is 3.48. The quantitative estimate of drug-likeness (QED) is 0.640. The highest BCUT2D eigenvalue weighted by Gasteiger charge is 2.33. The molecule has 26 heavy (non-hydrogen) atoms. The van der Waals surface area contributed by atoms with Crippen molar-refractivity contribution in [2.45, 2.75) is 45.2 Å². The van der Waals surface area contributed by atoms with Crippen molar-refractivity contribution in [1.82, 2.24) is 9.88 Å². The molecule has 4 rings (SSSR count). The van der Waals surface area contributed by atoms with Crippen molar-refractivity contribution in [3.05, 3.63) is 77.5 Å². The van der Waals surface area contributed by atoms with Gasteiger partial charge in [0.2, 0.25) is 0 Å². The van der Waals surface area contributed by atoms with Gasteiger partial charge >= 0.3 is 0 Å². The monoisotopic (exact) mass is 344 g/mol. The van der Waals surface area contributed by atoms with Crippen LogP contribution in [0.25, 0.3) is 10.9 Å². The van der Waals surface area contributed by atoms with E-state index in [1.54, 1.807) is 0 Å². The molecule has 0 unspecified atom stereocenters. The molecule has 1 aliphatic rings. The minimum Gasteiger partial charge on any atom is -0.330 e. The van der Waals surface area contributed by atoms with Crippen LogP contribution in [-0.4, -0.2) is 21.8 Å². The van der Waals surface area contributed by atoms with E-state index in [-0.39, 0.29) is 5.91 Å². The third-order valence-electron chi connectivity index (χ3n) is 5.07. The van der Waals surface area contributed by atoms with Gasteiger partial charge in [0, 0.05) is 18.0 Å². The van der Waals surface area contributed by atoms with Gasteiger partial charge in [-0.05, 0) is 42.0 Å². The normalized spacial score (nSPS) is 14.0. The fraction of sp³-hybridized carbons (Fsp3) is 0.304. The van der Waals surface area contributed by atoms with E-state index in [9.17, 15) is 4.79 Å². The molecule has 0 aliphatic heterocycles.